The molecule has 3 heterocycles. The Labute approximate surface area is 228 Å². The lowest BCUT2D eigenvalue weighted by atomic mass is 9.74. The van der Waals surface area contributed by atoms with Crippen molar-refractivity contribution in [3.05, 3.63) is 93.4 Å². The summed E-state index contributed by atoms with van der Waals surface area (Å²) in [6.07, 6.45) is 0. The van der Waals surface area contributed by atoms with Gasteiger partial charge >= 0.3 is 0 Å². The lowest BCUT2D eigenvalue weighted by molar-refractivity contribution is 0.0283. The maximum Gasteiger partial charge on any atom is 0.255 e. The van der Waals surface area contributed by atoms with Crippen molar-refractivity contribution in [1.82, 2.24) is 9.80 Å². The van der Waals surface area contributed by atoms with Crippen LogP contribution < -0.4 is 9.64 Å². The molecule has 0 radical (unpaired) electrons. The summed E-state index contributed by atoms with van der Waals surface area (Å²) in [5, 5.41) is 3.83. The predicted molar refractivity (Wildman–Crippen MR) is 150 cm³/mol. The summed E-state index contributed by atoms with van der Waals surface area (Å²) >= 11 is 0. The molecule has 1 atom stereocenters. The molecule has 3 aromatic carbocycles. The molecule has 1 spiro atoms. The molecule has 0 saturated carbocycles. The zero-order valence-electron chi connectivity index (χ0n) is 22.3. The summed E-state index contributed by atoms with van der Waals surface area (Å²) in [6, 6.07) is 19.7. The Morgan fingerprint density at radius 3 is 2.41 bits per heavy atom. The number of carbonyl (C=O) groups is 1. The smallest absolute Gasteiger partial charge is 0.255 e. The van der Waals surface area contributed by atoms with Gasteiger partial charge in [0.05, 0.1) is 13.2 Å². The van der Waals surface area contributed by atoms with Gasteiger partial charge in [0.1, 0.15) is 17.0 Å². The first-order chi connectivity index (χ1) is 19.1. The van der Waals surface area contributed by atoms with E-state index in [2.05, 4.69) is 57.9 Å². The van der Waals surface area contributed by atoms with Crippen molar-refractivity contribution in [3.63, 3.8) is 0 Å². The van der Waals surface area contributed by atoms with Crippen molar-refractivity contribution in [2.45, 2.75) is 19.4 Å². The molecule has 1 saturated heterocycles. The van der Waals surface area contributed by atoms with Gasteiger partial charge in [0.15, 0.2) is 0 Å². The molecule has 3 aliphatic rings. The van der Waals surface area contributed by atoms with Crippen LogP contribution >= 0.6 is 0 Å². The van der Waals surface area contributed by atoms with Gasteiger partial charge in [-0.2, -0.15) is 0 Å². The van der Waals surface area contributed by atoms with Crippen LogP contribution in [0.2, 0.25) is 0 Å². The van der Waals surface area contributed by atoms with Crippen LogP contribution in [-0.4, -0.2) is 68.2 Å². The average molecular weight is 525 g/mol. The van der Waals surface area contributed by atoms with E-state index in [9.17, 15) is 4.79 Å². The number of hydrogen-bond donors (Lipinski definition) is 0. The molecule has 1 amide bonds. The first kappa shape index (κ1) is 25.2. The van der Waals surface area contributed by atoms with Crippen LogP contribution in [0.4, 0.5) is 11.4 Å². The monoisotopic (exact) mass is 524 g/mol. The molecule has 3 aliphatic heterocycles. The number of benzene rings is 3. The second kappa shape index (κ2) is 10.3. The van der Waals surface area contributed by atoms with Crippen molar-refractivity contribution in [2.75, 3.05) is 57.4 Å². The van der Waals surface area contributed by atoms with Gasteiger partial charge in [0.25, 0.3) is 5.91 Å². The van der Waals surface area contributed by atoms with E-state index < -0.39 is 5.54 Å². The standard InChI is InChI=1S/C30H32N6O3/c1-3-35(4-2)22-10-12-26-28(20-22)39-27-19-21(32-33-31)9-11-25(27)30(26)24-8-6-5-7-23(24)29(37)36(30)14-13-34-15-17-38-18-16-34/h5-12,19-20H,3-4,13-18H2,1-2H3. The fraction of sp³-hybridized carbons (Fsp3) is 0.367. The maximum atomic E-state index is 14.2. The molecular weight excluding hydrogens is 492 g/mol. The van der Waals surface area contributed by atoms with Crippen molar-refractivity contribution in [2.24, 2.45) is 5.11 Å². The molecule has 9 nitrogen and oxygen atoms in total. The highest BCUT2D eigenvalue weighted by molar-refractivity contribution is 6.02. The summed E-state index contributed by atoms with van der Waals surface area (Å²) in [5.41, 5.74) is 13.2. The Hall–Kier alpha value is -4.04. The van der Waals surface area contributed by atoms with E-state index in [4.69, 9.17) is 15.0 Å². The Balaban J connectivity index is 1.57. The molecule has 1 unspecified atom stereocenters. The quantitative estimate of drug-likeness (QED) is 0.226. The van der Waals surface area contributed by atoms with Crippen LogP contribution in [0.25, 0.3) is 10.4 Å². The van der Waals surface area contributed by atoms with Gasteiger partial charge in [-0.25, -0.2) is 0 Å². The third-order valence-corrected chi connectivity index (χ3v) is 8.16. The molecule has 3 aromatic rings. The second-order valence-corrected chi connectivity index (χ2v) is 9.99. The molecule has 0 aromatic heterocycles. The van der Waals surface area contributed by atoms with Crippen LogP contribution in [0.1, 0.15) is 40.9 Å². The molecule has 0 N–H and O–H groups in total. The highest BCUT2D eigenvalue weighted by atomic mass is 16.5. The third-order valence-electron chi connectivity index (χ3n) is 8.16. The van der Waals surface area contributed by atoms with Gasteiger partial charge < -0.3 is 19.3 Å². The number of amides is 1. The highest BCUT2D eigenvalue weighted by Crippen LogP contribution is 2.58. The number of azide groups is 1. The van der Waals surface area contributed by atoms with E-state index in [-0.39, 0.29) is 5.91 Å². The first-order valence-corrected chi connectivity index (χ1v) is 13.6. The van der Waals surface area contributed by atoms with Gasteiger partial charge in [-0.3, -0.25) is 9.69 Å². The maximum absolute atomic E-state index is 14.2. The minimum Gasteiger partial charge on any atom is -0.456 e. The van der Waals surface area contributed by atoms with E-state index in [1.165, 1.54) is 0 Å². The number of carbonyl (C=O) groups excluding carboxylic acids is 1. The fourth-order valence-electron chi connectivity index (χ4n) is 6.30. The van der Waals surface area contributed by atoms with Crippen LogP contribution in [0.5, 0.6) is 11.5 Å². The zero-order chi connectivity index (χ0) is 27.0. The van der Waals surface area contributed by atoms with Crippen LogP contribution in [0.15, 0.2) is 65.8 Å². The summed E-state index contributed by atoms with van der Waals surface area (Å²) in [7, 11) is 0. The van der Waals surface area contributed by atoms with Crippen molar-refractivity contribution < 1.29 is 14.3 Å². The normalized spacial score (nSPS) is 19.6. The Morgan fingerprint density at radius 2 is 1.67 bits per heavy atom. The van der Waals surface area contributed by atoms with E-state index in [0.717, 1.165) is 55.1 Å². The lowest BCUT2D eigenvalue weighted by Crippen LogP contribution is -2.51. The SMILES string of the molecule is CCN(CC)c1ccc2c(c1)Oc1cc(N=[N+]=[N-])ccc1C21c2ccccc2C(=O)N1CCN1CCOCC1. The molecule has 6 rings (SSSR count). The van der Waals surface area contributed by atoms with Crippen LogP contribution in [0, 0.1) is 0 Å². The number of anilines is 1. The van der Waals surface area contributed by atoms with E-state index >= 15 is 0 Å². The molecule has 0 bridgehead atoms. The number of nitrogens with zero attached hydrogens (tertiary/aromatic N) is 6. The van der Waals surface area contributed by atoms with Gasteiger partial charge in [-0.1, -0.05) is 41.5 Å². The van der Waals surface area contributed by atoms with Crippen molar-refractivity contribution in [1.29, 1.82) is 0 Å². The zero-order valence-corrected chi connectivity index (χ0v) is 22.3. The van der Waals surface area contributed by atoms with Crippen LogP contribution in [0.3, 0.4) is 0 Å². The molecular formula is C30H32N6O3. The van der Waals surface area contributed by atoms with Crippen LogP contribution in [-0.2, 0) is 10.3 Å². The number of rotatable bonds is 7. The minimum absolute atomic E-state index is 0.00426. The second-order valence-electron chi connectivity index (χ2n) is 9.99. The summed E-state index contributed by atoms with van der Waals surface area (Å²) in [4.78, 5) is 23.8. The van der Waals surface area contributed by atoms with Crippen molar-refractivity contribution in [3.8, 4) is 11.5 Å². The Morgan fingerprint density at radius 1 is 0.949 bits per heavy atom. The Kier molecular flexibility index (Phi) is 6.64. The molecule has 9 heteroatoms. The van der Waals surface area contributed by atoms with E-state index in [1.54, 1.807) is 12.1 Å². The van der Waals surface area contributed by atoms with E-state index in [1.807, 2.05) is 29.2 Å². The Bertz CT molecular complexity index is 1460. The molecule has 39 heavy (non-hydrogen) atoms. The fourth-order valence-corrected chi connectivity index (χ4v) is 6.30. The van der Waals surface area contributed by atoms with Crippen molar-refractivity contribution >= 4 is 17.3 Å². The lowest BCUT2D eigenvalue weighted by Gasteiger charge is -2.45. The summed E-state index contributed by atoms with van der Waals surface area (Å²) in [6.45, 7) is 10.4. The van der Waals surface area contributed by atoms with E-state index in [0.29, 0.717) is 42.5 Å². The minimum atomic E-state index is -0.875. The number of hydrogen-bond acceptors (Lipinski definition) is 6. The summed E-state index contributed by atoms with van der Waals surface area (Å²) < 4.78 is 12.1. The molecule has 1 fully saturated rings. The largest absolute Gasteiger partial charge is 0.456 e. The van der Waals surface area contributed by atoms with Gasteiger partial charge in [-0.15, -0.1) is 0 Å². The average Bonchev–Trinajstić information content (AvgIpc) is 3.21. The highest BCUT2D eigenvalue weighted by Gasteiger charge is 2.56. The number of ether oxygens (including phenoxy) is 2. The van der Waals surface area contributed by atoms with Gasteiger partial charge in [-0.05, 0) is 43.1 Å². The van der Waals surface area contributed by atoms with Gasteiger partial charge in [0, 0.05) is 78.3 Å². The first-order valence-electron chi connectivity index (χ1n) is 13.6. The number of morpholine rings is 1. The predicted octanol–water partition coefficient (Wildman–Crippen LogP) is 5.66. The molecule has 200 valence electrons. The molecule has 0 aliphatic carbocycles. The number of fused-ring (bicyclic) bond motifs is 6. The third kappa shape index (κ3) is 4.01. The van der Waals surface area contributed by atoms with Gasteiger partial charge in [0.2, 0.25) is 0 Å². The summed E-state index contributed by atoms with van der Waals surface area (Å²) in [5.74, 6) is 1.29. The topological polar surface area (TPSA) is 94.0 Å².